The minimum Gasteiger partial charge on any atom is -0.475 e. The number of esters is 1. The van der Waals surface area contributed by atoms with Crippen LogP contribution in [0.3, 0.4) is 0 Å². The van der Waals surface area contributed by atoms with Crippen LogP contribution in [0.2, 0.25) is 0 Å². The molecule has 0 amide bonds. The van der Waals surface area contributed by atoms with Crippen molar-refractivity contribution in [3.05, 3.63) is 33.9 Å². The molecule has 1 heterocycles. The fourth-order valence-electron chi connectivity index (χ4n) is 0.881. The highest BCUT2D eigenvalue weighted by Crippen LogP contribution is 2.00. The van der Waals surface area contributed by atoms with Crippen LogP contribution >= 0.6 is 0 Å². The molecule has 0 radical (unpaired) electrons. The Balaban J connectivity index is 3.09. The van der Waals surface area contributed by atoms with Crippen molar-refractivity contribution in [3.8, 4) is 0 Å². The molecule has 6 nitrogen and oxygen atoms in total. The Hall–Kier alpha value is -2.11. The van der Waals surface area contributed by atoms with Gasteiger partial charge in [0, 0.05) is 6.07 Å². The van der Waals surface area contributed by atoms with Crippen molar-refractivity contribution in [1.82, 2.24) is 0 Å². The molecule has 0 saturated heterocycles. The summed E-state index contributed by atoms with van der Waals surface area (Å²) in [5.74, 6) is -2.72. The predicted octanol–water partition coefficient (Wildman–Crippen LogP) is 0.515. The van der Waals surface area contributed by atoms with Crippen LogP contribution in [0, 0.1) is 0 Å². The van der Waals surface area contributed by atoms with Gasteiger partial charge in [-0.15, -0.1) is 0 Å². The molecule has 0 bridgehead atoms. The Kier molecular flexibility index (Phi) is 3.22. The van der Waals surface area contributed by atoms with E-state index in [-0.39, 0.29) is 12.2 Å². The lowest BCUT2D eigenvalue weighted by Gasteiger charge is -1.99. The zero-order valence-corrected chi connectivity index (χ0v) is 7.85. The third-order valence-electron chi connectivity index (χ3n) is 1.54. The molecule has 1 aromatic heterocycles. The third-order valence-corrected chi connectivity index (χ3v) is 1.54. The van der Waals surface area contributed by atoms with Gasteiger partial charge in [0.2, 0.25) is 5.76 Å². The minimum atomic E-state index is -1.37. The van der Waals surface area contributed by atoms with Gasteiger partial charge < -0.3 is 14.3 Å². The number of aromatic carboxylic acids is 1. The number of carboxylic acids is 1. The first-order valence-corrected chi connectivity index (χ1v) is 4.09. The molecule has 6 heteroatoms. The fraction of sp³-hybridized carbons (Fsp3) is 0.222. The summed E-state index contributed by atoms with van der Waals surface area (Å²) < 4.78 is 9.13. The van der Waals surface area contributed by atoms with Crippen molar-refractivity contribution >= 4 is 11.9 Å². The number of carbonyl (C=O) groups is 2. The summed E-state index contributed by atoms with van der Waals surface area (Å²) >= 11 is 0. The number of carbonyl (C=O) groups excluding carboxylic acids is 1. The number of ether oxygens (including phenoxy) is 1. The maximum atomic E-state index is 11.2. The van der Waals surface area contributed by atoms with E-state index in [0.717, 1.165) is 12.3 Å². The van der Waals surface area contributed by atoms with Gasteiger partial charge in [-0.3, -0.25) is 4.79 Å². The Morgan fingerprint density at radius 3 is 2.67 bits per heavy atom. The average molecular weight is 212 g/mol. The van der Waals surface area contributed by atoms with E-state index in [1.165, 1.54) is 0 Å². The summed E-state index contributed by atoms with van der Waals surface area (Å²) in [5, 5.41) is 8.49. The fourth-order valence-corrected chi connectivity index (χ4v) is 0.881. The van der Waals surface area contributed by atoms with Gasteiger partial charge in [-0.2, -0.15) is 0 Å². The summed E-state index contributed by atoms with van der Waals surface area (Å²) in [6, 6.07) is 0.731. The lowest BCUT2D eigenvalue weighted by atomic mass is 10.2. The first-order valence-electron chi connectivity index (χ1n) is 4.09. The normalized spacial score (nSPS) is 9.67. The highest BCUT2D eigenvalue weighted by molar-refractivity contribution is 5.90. The molecule has 0 unspecified atom stereocenters. The Labute approximate surface area is 84.1 Å². The van der Waals surface area contributed by atoms with E-state index in [1.54, 1.807) is 6.92 Å². The summed E-state index contributed by atoms with van der Waals surface area (Å²) in [4.78, 5) is 32.8. The largest absolute Gasteiger partial charge is 0.475 e. The molecule has 0 aliphatic heterocycles. The van der Waals surface area contributed by atoms with Crippen LogP contribution in [-0.4, -0.2) is 23.7 Å². The van der Waals surface area contributed by atoms with Gasteiger partial charge in [0.25, 0.3) is 0 Å². The van der Waals surface area contributed by atoms with E-state index in [0.29, 0.717) is 0 Å². The summed E-state index contributed by atoms with van der Waals surface area (Å²) in [6.45, 7) is 1.71. The Morgan fingerprint density at radius 2 is 2.20 bits per heavy atom. The van der Waals surface area contributed by atoms with Crippen molar-refractivity contribution in [2.75, 3.05) is 6.61 Å². The molecule has 1 rings (SSSR count). The minimum absolute atomic E-state index is 0.124. The summed E-state index contributed by atoms with van der Waals surface area (Å²) in [6.07, 6.45) is 0.782. The van der Waals surface area contributed by atoms with Crippen LogP contribution in [-0.2, 0) is 4.74 Å². The van der Waals surface area contributed by atoms with Gasteiger partial charge >= 0.3 is 11.9 Å². The monoisotopic (exact) mass is 212 g/mol. The molecule has 0 aliphatic carbocycles. The van der Waals surface area contributed by atoms with Crippen LogP contribution in [0.25, 0.3) is 0 Å². The molecular weight excluding hydrogens is 204 g/mol. The SMILES string of the molecule is CCOC(=O)c1coc(C(=O)O)cc1=O. The second kappa shape index (κ2) is 4.41. The van der Waals surface area contributed by atoms with Crippen LogP contribution in [0.15, 0.2) is 21.5 Å². The maximum absolute atomic E-state index is 11.2. The molecule has 80 valence electrons. The van der Waals surface area contributed by atoms with Crippen molar-refractivity contribution in [1.29, 1.82) is 0 Å². The number of carboxylic acid groups (broad SMARTS) is 1. The zero-order valence-electron chi connectivity index (χ0n) is 7.85. The van der Waals surface area contributed by atoms with Gasteiger partial charge in [0.05, 0.1) is 6.61 Å². The smallest absolute Gasteiger partial charge is 0.371 e. The molecule has 0 aliphatic rings. The first-order chi connectivity index (χ1) is 7.06. The number of hydrogen-bond donors (Lipinski definition) is 1. The third kappa shape index (κ3) is 2.43. The lowest BCUT2D eigenvalue weighted by Crippen LogP contribution is -2.17. The predicted molar refractivity (Wildman–Crippen MR) is 47.9 cm³/mol. The van der Waals surface area contributed by atoms with Crippen molar-refractivity contribution in [2.45, 2.75) is 6.92 Å². The van der Waals surface area contributed by atoms with Crippen molar-refractivity contribution in [3.63, 3.8) is 0 Å². The second-order valence-electron chi connectivity index (χ2n) is 2.55. The highest BCUT2D eigenvalue weighted by atomic mass is 16.5. The van der Waals surface area contributed by atoms with E-state index in [4.69, 9.17) is 5.11 Å². The van der Waals surface area contributed by atoms with E-state index >= 15 is 0 Å². The molecule has 0 fully saturated rings. The van der Waals surface area contributed by atoms with Gasteiger partial charge in [-0.05, 0) is 6.92 Å². The average Bonchev–Trinajstić information content (AvgIpc) is 2.17. The molecule has 1 aromatic rings. The molecule has 0 spiro atoms. The lowest BCUT2D eigenvalue weighted by molar-refractivity contribution is 0.0517. The van der Waals surface area contributed by atoms with Crippen molar-refractivity contribution in [2.24, 2.45) is 0 Å². The van der Waals surface area contributed by atoms with Crippen molar-refractivity contribution < 1.29 is 23.8 Å². The van der Waals surface area contributed by atoms with E-state index < -0.39 is 23.1 Å². The first kappa shape index (κ1) is 11.0. The maximum Gasteiger partial charge on any atom is 0.371 e. The number of rotatable bonds is 3. The van der Waals surface area contributed by atoms with Gasteiger partial charge in [0.15, 0.2) is 5.43 Å². The molecule has 0 atom stereocenters. The molecule has 0 aromatic carbocycles. The quantitative estimate of drug-likeness (QED) is 0.734. The highest BCUT2D eigenvalue weighted by Gasteiger charge is 2.15. The standard InChI is InChI=1S/C9H8O6/c1-2-14-9(13)5-4-15-7(8(11)12)3-6(5)10/h3-4H,2H2,1H3,(H,11,12). The number of hydrogen-bond acceptors (Lipinski definition) is 5. The zero-order chi connectivity index (χ0) is 11.4. The molecule has 15 heavy (non-hydrogen) atoms. The van der Waals surface area contributed by atoms with Crippen LogP contribution in [0.1, 0.15) is 27.8 Å². The van der Waals surface area contributed by atoms with Gasteiger partial charge in [0.1, 0.15) is 11.8 Å². The molecular formula is C9H8O6. The topological polar surface area (TPSA) is 93.8 Å². The van der Waals surface area contributed by atoms with Gasteiger partial charge in [-0.1, -0.05) is 0 Å². The van der Waals surface area contributed by atoms with Gasteiger partial charge in [-0.25, -0.2) is 9.59 Å². The second-order valence-corrected chi connectivity index (χ2v) is 2.55. The molecule has 1 N–H and O–H groups in total. The van der Waals surface area contributed by atoms with E-state index in [9.17, 15) is 14.4 Å². The summed E-state index contributed by atoms with van der Waals surface area (Å²) in [7, 11) is 0. The Bertz CT molecular complexity index is 444. The summed E-state index contributed by atoms with van der Waals surface area (Å²) in [5.41, 5.74) is -1.06. The molecule has 0 saturated carbocycles. The van der Waals surface area contributed by atoms with E-state index in [1.807, 2.05) is 0 Å². The van der Waals surface area contributed by atoms with E-state index in [2.05, 4.69) is 9.15 Å². The van der Waals surface area contributed by atoms with Crippen LogP contribution < -0.4 is 5.43 Å². The van der Waals surface area contributed by atoms with Crippen LogP contribution in [0.5, 0.6) is 0 Å². The van der Waals surface area contributed by atoms with Crippen LogP contribution in [0.4, 0.5) is 0 Å². The Morgan fingerprint density at radius 1 is 1.53 bits per heavy atom.